The van der Waals surface area contributed by atoms with E-state index in [1.54, 1.807) is 25.1 Å². The summed E-state index contributed by atoms with van der Waals surface area (Å²) in [6, 6.07) is 7.70. The van der Waals surface area contributed by atoms with Gasteiger partial charge in [0.05, 0.1) is 28.3 Å². The third-order valence-electron chi connectivity index (χ3n) is 4.50. The third-order valence-corrected chi connectivity index (χ3v) is 5.31. The fourth-order valence-electron chi connectivity index (χ4n) is 3.01. The first kappa shape index (κ1) is 20.4. The molecule has 1 aliphatic heterocycles. The number of ether oxygens (including phenoxy) is 1. The van der Waals surface area contributed by atoms with Crippen LogP contribution in [0.15, 0.2) is 36.4 Å². The first-order chi connectivity index (χ1) is 13.4. The molecule has 0 spiro atoms. The number of carbonyl (C=O) groups excluding carboxylic acids is 2. The van der Waals surface area contributed by atoms with Crippen LogP contribution in [0.25, 0.3) is 0 Å². The summed E-state index contributed by atoms with van der Waals surface area (Å²) in [6.07, 6.45) is 1.31. The zero-order valence-electron chi connectivity index (χ0n) is 15.1. The van der Waals surface area contributed by atoms with Crippen molar-refractivity contribution in [1.82, 2.24) is 10.6 Å². The summed E-state index contributed by atoms with van der Waals surface area (Å²) in [6.45, 7) is 2.05. The lowest BCUT2D eigenvalue weighted by Gasteiger charge is -2.21. The molecule has 2 aromatic rings. The summed E-state index contributed by atoms with van der Waals surface area (Å²) in [5.41, 5.74) is 0.770. The minimum Gasteiger partial charge on any atom is -0.493 e. The van der Waals surface area contributed by atoms with Crippen LogP contribution >= 0.6 is 23.2 Å². The molecule has 3 rings (SSSR count). The smallest absolute Gasteiger partial charge is 0.253 e. The summed E-state index contributed by atoms with van der Waals surface area (Å²) >= 11 is 12.0. The highest BCUT2D eigenvalue weighted by molar-refractivity contribution is 6.43. The molecule has 2 N–H and O–H groups in total. The fraction of sp³-hybridized carbons (Fsp3) is 0.300. The van der Waals surface area contributed by atoms with Crippen molar-refractivity contribution >= 4 is 35.0 Å². The predicted octanol–water partition coefficient (Wildman–Crippen LogP) is 4.28. The van der Waals surface area contributed by atoms with Crippen LogP contribution in [-0.4, -0.2) is 24.5 Å². The first-order valence-corrected chi connectivity index (χ1v) is 9.60. The van der Waals surface area contributed by atoms with Gasteiger partial charge in [-0.1, -0.05) is 29.3 Å². The largest absolute Gasteiger partial charge is 0.493 e. The van der Waals surface area contributed by atoms with Crippen molar-refractivity contribution in [3.8, 4) is 5.75 Å². The standard InChI is InChI=1S/C20H19Cl2FN2O3/c1-11(24-20(27)13-4-2-5-15(21)18(13)22)19(26)25-16-6-3-9-28-17-8-7-12(23)10-14(16)17/h2,4-5,7-8,10-11,16H,3,6,9H2,1H3,(H,24,27)(H,25,26)/t11-,16+/m0/s1. The molecule has 28 heavy (non-hydrogen) atoms. The van der Waals surface area contributed by atoms with E-state index in [0.29, 0.717) is 30.8 Å². The van der Waals surface area contributed by atoms with Crippen LogP contribution in [0.3, 0.4) is 0 Å². The van der Waals surface area contributed by atoms with Gasteiger partial charge in [0.15, 0.2) is 0 Å². The Morgan fingerprint density at radius 1 is 1.25 bits per heavy atom. The minimum absolute atomic E-state index is 0.125. The molecule has 0 radical (unpaired) electrons. The number of hydrogen-bond donors (Lipinski definition) is 2. The van der Waals surface area contributed by atoms with Gasteiger partial charge in [-0.2, -0.15) is 0 Å². The number of benzene rings is 2. The van der Waals surface area contributed by atoms with Crippen molar-refractivity contribution in [1.29, 1.82) is 0 Å². The van der Waals surface area contributed by atoms with Crippen LogP contribution in [-0.2, 0) is 4.79 Å². The lowest BCUT2D eigenvalue weighted by Crippen LogP contribution is -2.45. The Kier molecular flexibility index (Phi) is 6.42. The molecule has 0 saturated heterocycles. The molecule has 0 saturated carbocycles. The Bertz CT molecular complexity index is 907. The van der Waals surface area contributed by atoms with E-state index in [2.05, 4.69) is 10.6 Å². The SMILES string of the molecule is C[C@H](NC(=O)c1cccc(Cl)c1Cl)C(=O)N[C@@H]1CCCOc2ccc(F)cc21. The lowest BCUT2D eigenvalue weighted by molar-refractivity contribution is -0.123. The molecular weight excluding hydrogens is 406 g/mol. The molecule has 0 aromatic heterocycles. The van der Waals surface area contributed by atoms with E-state index in [0.717, 1.165) is 0 Å². The summed E-state index contributed by atoms with van der Waals surface area (Å²) in [5, 5.41) is 5.85. The van der Waals surface area contributed by atoms with Gasteiger partial charge in [0.2, 0.25) is 5.91 Å². The van der Waals surface area contributed by atoms with Crippen molar-refractivity contribution in [2.75, 3.05) is 6.61 Å². The molecule has 148 valence electrons. The van der Waals surface area contributed by atoms with E-state index in [4.69, 9.17) is 27.9 Å². The van der Waals surface area contributed by atoms with Gasteiger partial charge in [0.25, 0.3) is 5.91 Å². The Morgan fingerprint density at radius 2 is 2.04 bits per heavy atom. The molecule has 8 heteroatoms. The minimum atomic E-state index is -0.830. The number of fused-ring (bicyclic) bond motifs is 1. The van der Waals surface area contributed by atoms with Crippen LogP contribution < -0.4 is 15.4 Å². The van der Waals surface area contributed by atoms with E-state index in [1.165, 1.54) is 18.2 Å². The summed E-state index contributed by atoms with van der Waals surface area (Å²) in [7, 11) is 0. The number of rotatable bonds is 4. The Balaban J connectivity index is 1.70. The quantitative estimate of drug-likeness (QED) is 0.769. The number of amides is 2. The Morgan fingerprint density at radius 3 is 2.82 bits per heavy atom. The normalized spacial score (nSPS) is 16.9. The predicted molar refractivity (Wildman–Crippen MR) is 105 cm³/mol. The zero-order chi connectivity index (χ0) is 20.3. The van der Waals surface area contributed by atoms with E-state index in [9.17, 15) is 14.0 Å². The molecule has 5 nitrogen and oxygen atoms in total. The Labute approximate surface area is 172 Å². The number of halogens is 3. The molecule has 0 aliphatic carbocycles. The van der Waals surface area contributed by atoms with Crippen LogP contribution in [0.1, 0.15) is 41.7 Å². The molecular formula is C20H19Cl2FN2O3. The van der Waals surface area contributed by atoms with Crippen molar-refractivity contribution < 1.29 is 18.7 Å². The molecule has 2 amide bonds. The highest BCUT2D eigenvalue weighted by Gasteiger charge is 2.25. The zero-order valence-corrected chi connectivity index (χ0v) is 16.6. The topological polar surface area (TPSA) is 67.4 Å². The van der Waals surface area contributed by atoms with Crippen molar-refractivity contribution in [2.24, 2.45) is 0 Å². The monoisotopic (exact) mass is 424 g/mol. The molecule has 2 atom stereocenters. The van der Waals surface area contributed by atoms with Gasteiger partial charge in [-0.15, -0.1) is 0 Å². The fourth-order valence-corrected chi connectivity index (χ4v) is 3.40. The summed E-state index contributed by atoms with van der Waals surface area (Å²) < 4.78 is 19.3. The number of hydrogen-bond acceptors (Lipinski definition) is 3. The van der Waals surface area contributed by atoms with E-state index < -0.39 is 29.7 Å². The molecule has 0 unspecified atom stereocenters. The second-order valence-corrected chi connectivity index (χ2v) is 7.32. The van der Waals surface area contributed by atoms with Crippen LogP contribution in [0.4, 0.5) is 4.39 Å². The van der Waals surface area contributed by atoms with Crippen LogP contribution in [0, 0.1) is 5.82 Å². The Hall–Kier alpha value is -2.31. The second-order valence-electron chi connectivity index (χ2n) is 6.53. The van der Waals surface area contributed by atoms with Gasteiger partial charge in [-0.3, -0.25) is 9.59 Å². The van der Waals surface area contributed by atoms with Crippen molar-refractivity contribution in [2.45, 2.75) is 31.8 Å². The van der Waals surface area contributed by atoms with Gasteiger partial charge < -0.3 is 15.4 Å². The van der Waals surface area contributed by atoms with Gasteiger partial charge in [-0.25, -0.2) is 4.39 Å². The van der Waals surface area contributed by atoms with E-state index in [1.807, 2.05) is 0 Å². The van der Waals surface area contributed by atoms with Crippen LogP contribution in [0.5, 0.6) is 5.75 Å². The highest BCUT2D eigenvalue weighted by atomic mass is 35.5. The summed E-state index contributed by atoms with van der Waals surface area (Å²) in [4.78, 5) is 25.0. The average Bonchev–Trinajstić information content (AvgIpc) is 2.85. The number of nitrogens with one attached hydrogen (secondary N) is 2. The third kappa shape index (κ3) is 4.56. The van der Waals surface area contributed by atoms with E-state index in [-0.39, 0.29) is 15.6 Å². The maximum Gasteiger partial charge on any atom is 0.253 e. The highest BCUT2D eigenvalue weighted by Crippen LogP contribution is 2.32. The summed E-state index contributed by atoms with van der Waals surface area (Å²) in [5.74, 6) is -0.758. The van der Waals surface area contributed by atoms with Crippen molar-refractivity contribution in [3.63, 3.8) is 0 Å². The maximum atomic E-state index is 13.7. The van der Waals surface area contributed by atoms with Crippen LogP contribution in [0.2, 0.25) is 10.0 Å². The number of carbonyl (C=O) groups is 2. The first-order valence-electron chi connectivity index (χ1n) is 8.84. The molecule has 2 aromatic carbocycles. The second kappa shape index (κ2) is 8.80. The van der Waals surface area contributed by atoms with E-state index >= 15 is 0 Å². The average molecular weight is 425 g/mol. The van der Waals surface area contributed by atoms with Gasteiger partial charge in [0.1, 0.15) is 17.6 Å². The van der Waals surface area contributed by atoms with Crippen molar-refractivity contribution in [3.05, 3.63) is 63.4 Å². The van der Waals surface area contributed by atoms with Gasteiger partial charge >= 0.3 is 0 Å². The molecule has 0 bridgehead atoms. The van der Waals surface area contributed by atoms with Gasteiger partial charge in [-0.05, 0) is 50.1 Å². The molecule has 1 aliphatic rings. The lowest BCUT2D eigenvalue weighted by atomic mass is 10.0. The van der Waals surface area contributed by atoms with Gasteiger partial charge in [0, 0.05) is 5.56 Å². The molecule has 0 fully saturated rings. The maximum absolute atomic E-state index is 13.7. The molecule has 1 heterocycles.